The number of nitrogens with zero attached hydrogens (tertiary/aromatic N) is 4. The molecule has 0 fully saturated rings. The molecule has 2 heterocycles. The van der Waals surface area contributed by atoms with Crippen LogP contribution >= 0.6 is 0 Å². The van der Waals surface area contributed by atoms with Crippen LogP contribution < -0.4 is 20.7 Å². The Labute approximate surface area is 142 Å². The molecule has 1 atom stereocenters. The summed E-state index contributed by atoms with van der Waals surface area (Å²) in [5.41, 5.74) is 8.22. The third kappa shape index (κ3) is 3.29. The number of nitrogens with one attached hydrogen (secondary N) is 1. The molecular weight excluding hydrogens is 304 g/mol. The summed E-state index contributed by atoms with van der Waals surface area (Å²) in [6.45, 7) is 1.16. The standard InChI is InChI=1S/C17H24N6O/c1-22(2)17-20-11-12(23(17)3)10-19-16(18)21-14-8-9-24-15-7-5-4-6-13(14)15/h4-7,11,14H,8-10H2,1-3H3,(H3,18,19,21). The zero-order valence-electron chi connectivity index (χ0n) is 14.4. The SMILES string of the molecule is CN(C)c1ncc(CN=C(N)NC2CCOc3ccccc32)n1C. The van der Waals surface area contributed by atoms with Crippen LogP contribution in [-0.4, -0.2) is 36.2 Å². The molecular formula is C17H24N6O. The number of hydrogen-bond donors (Lipinski definition) is 2. The molecule has 7 nitrogen and oxygen atoms in total. The Hall–Kier alpha value is -2.70. The fourth-order valence-corrected chi connectivity index (χ4v) is 2.88. The Morgan fingerprint density at radius 1 is 1.46 bits per heavy atom. The minimum absolute atomic E-state index is 0.127. The van der Waals surface area contributed by atoms with Crippen LogP contribution in [0.4, 0.5) is 5.95 Å². The van der Waals surface area contributed by atoms with E-state index in [-0.39, 0.29) is 6.04 Å². The molecule has 1 aromatic heterocycles. The number of benzene rings is 1. The number of hydrogen-bond acceptors (Lipinski definition) is 4. The van der Waals surface area contributed by atoms with Crippen LogP contribution in [-0.2, 0) is 13.6 Å². The summed E-state index contributed by atoms with van der Waals surface area (Å²) in [6.07, 6.45) is 2.69. The Kier molecular flexibility index (Phi) is 4.59. The first-order chi connectivity index (χ1) is 11.6. The van der Waals surface area contributed by atoms with Gasteiger partial charge in [-0.15, -0.1) is 0 Å². The van der Waals surface area contributed by atoms with Gasteiger partial charge >= 0.3 is 0 Å². The molecule has 0 saturated carbocycles. The average molecular weight is 328 g/mol. The van der Waals surface area contributed by atoms with E-state index in [0.717, 1.165) is 29.4 Å². The van der Waals surface area contributed by atoms with Gasteiger partial charge in [-0.2, -0.15) is 0 Å². The lowest BCUT2D eigenvalue weighted by Gasteiger charge is -2.26. The van der Waals surface area contributed by atoms with E-state index < -0.39 is 0 Å². The first kappa shape index (κ1) is 16.2. The van der Waals surface area contributed by atoms with E-state index in [9.17, 15) is 0 Å². The van der Waals surface area contributed by atoms with Gasteiger partial charge in [-0.3, -0.25) is 0 Å². The Morgan fingerprint density at radius 2 is 2.25 bits per heavy atom. The lowest BCUT2D eigenvalue weighted by Crippen LogP contribution is -2.37. The zero-order chi connectivity index (χ0) is 17.1. The van der Waals surface area contributed by atoms with Gasteiger partial charge < -0.3 is 25.3 Å². The number of aromatic nitrogens is 2. The second-order valence-electron chi connectivity index (χ2n) is 6.08. The van der Waals surface area contributed by atoms with E-state index in [1.165, 1.54) is 0 Å². The number of ether oxygens (including phenoxy) is 1. The molecule has 24 heavy (non-hydrogen) atoms. The molecule has 1 aromatic carbocycles. The van der Waals surface area contributed by atoms with Crippen LogP contribution in [0.5, 0.6) is 5.75 Å². The van der Waals surface area contributed by atoms with E-state index in [4.69, 9.17) is 10.5 Å². The maximum absolute atomic E-state index is 6.08. The smallest absolute Gasteiger partial charge is 0.204 e. The molecule has 0 amide bonds. The summed E-state index contributed by atoms with van der Waals surface area (Å²) in [7, 11) is 5.91. The van der Waals surface area contributed by atoms with Crippen molar-refractivity contribution in [1.82, 2.24) is 14.9 Å². The highest BCUT2D eigenvalue weighted by Gasteiger charge is 2.21. The molecule has 2 aromatic rings. The third-order valence-corrected chi connectivity index (χ3v) is 4.15. The van der Waals surface area contributed by atoms with Crippen molar-refractivity contribution >= 4 is 11.9 Å². The summed E-state index contributed by atoms with van der Waals surface area (Å²) in [6, 6.07) is 8.15. The van der Waals surface area contributed by atoms with Crippen molar-refractivity contribution < 1.29 is 4.74 Å². The summed E-state index contributed by atoms with van der Waals surface area (Å²) >= 11 is 0. The second kappa shape index (κ2) is 6.82. The lowest BCUT2D eigenvalue weighted by atomic mass is 10.0. The average Bonchev–Trinajstić information content (AvgIpc) is 2.94. The highest BCUT2D eigenvalue weighted by molar-refractivity contribution is 5.78. The van der Waals surface area contributed by atoms with Gasteiger partial charge in [-0.1, -0.05) is 18.2 Å². The predicted molar refractivity (Wildman–Crippen MR) is 95.3 cm³/mol. The topological polar surface area (TPSA) is 80.7 Å². The summed E-state index contributed by atoms with van der Waals surface area (Å²) < 4.78 is 7.68. The number of para-hydroxylation sites is 1. The highest BCUT2D eigenvalue weighted by atomic mass is 16.5. The molecule has 0 bridgehead atoms. The van der Waals surface area contributed by atoms with Gasteiger partial charge in [0.1, 0.15) is 5.75 Å². The van der Waals surface area contributed by atoms with E-state index >= 15 is 0 Å². The van der Waals surface area contributed by atoms with Crippen LogP contribution in [0.3, 0.4) is 0 Å². The number of anilines is 1. The van der Waals surface area contributed by atoms with E-state index in [1.807, 2.05) is 55.0 Å². The van der Waals surface area contributed by atoms with Crippen LogP contribution in [0.15, 0.2) is 35.5 Å². The molecule has 7 heteroatoms. The van der Waals surface area contributed by atoms with Gasteiger partial charge in [0, 0.05) is 33.1 Å². The van der Waals surface area contributed by atoms with Gasteiger partial charge in [0.05, 0.1) is 31.1 Å². The zero-order valence-corrected chi connectivity index (χ0v) is 14.4. The molecule has 1 aliphatic heterocycles. The number of rotatable bonds is 4. The number of aliphatic imine (C=N–C) groups is 1. The lowest BCUT2D eigenvalue weighted by molar-refractivity contribution is 0.262. The van der Waals surface area contributed by atoms with Gasteiger partial charge in [-0.05, 0) is 6.07 Å². The minimum atomic E-state index is 0.127. The highest BCUT2D eigenvalue weighted by Crippen LogP contribution is 2.31. The largest absolute Gasteiger partial charge is 0.493 e. The number of fused-ring (bicyclic) bond motifs is 1. The van der Waals surface area contributed by atoms with Crippen LogP contribution in [0.25, 0.3) is 0 Å². The molecule has 1 aliphatic rings. The van der Waals surface area contributed by atoms with Gasteiger partial charge in [0.2, 0.25) is 5.95 Å². The van der Waals surface area contributed by atoms with Gasteiger partial charge in [0.15, 0.2) is 5.96 Å². The van der Waals surface area contributed by atoms with Crippen molar-refractivity contribution in [3.63, 3.8) is 0 Å². The molecule has 3 rings (SSSR count). The first-order valence-corrected chi connectivity index (χ1v) is 8.02. The van der Waals surface area contributed by atoms with E-state index in [2.05, 4.69) is 21.4 Å². The predicted octanol–water partition coefficient (Wildman–Crippen LogP) is 1.41. The normalized spacial score (nSPS) is 17.1. The molecule has 0 aliphatic carbocycles. The molecule has 0 radical (unpaired) electrons. The van der Waals surface area contributed by atoms with Crippen molar-refractivity contribution in [1.29, 1.82) is 0 Å². The van der Waals surface area contributed by atoms with Gasteiger partial charge in [0.25, 0.3) is 0 Å². The Bertz CT molecular complexity index is 736. The summed E-state index contributed by atoms with van der Waals surface area (Å²) in [5, 5.41) is 3.30. The Balaban J connectivity index is 1.68. The minimum Gasteiger partial charge on any atom is -0.493 e. The number of imidazole rings is 1. The monoisotopic (exact) mass is 328 g/mol. The van der Waals surface area contributed by atoms with Crippen molar-refractivity contribution in [2.45, 2.75) is 19.0 Å². The van der Waals surface area contributed by atoms with Crippen molar-refractivity contribution in [2.75, 3.05) is 25.6 Å². The maximum Gasteiger partial charge on any atom is 0.204 e. The first-order valence-electron chi connectivity index (χ1n) is 8.02. The molecule has 0 spiro atoms. The van der Waals surface area contributed by atoms with Crippen LogP contribution in [0, 0.1) is 0 Å². The summed E-state index contributed by atoms with van der Waals surface area (Å²) in [4.78, 5) is 10.8. The maximum atomic E-state index is 6.08. The van der Waals surface area contributed by atoms with Crippen LogP contribution in [0.2, 0.25) is 0 Å². The van der Waals surface area contributed by atoms with E-state index in [1.54, 1.807) is 0 Å². The quantitative estimate of drug-likeness (QED) is 0.655. The van der Waals surface area contributed by atoms with E-state index in [0.29, 0.717) is 19.1 Å². The molecule has 128 valence electrons. The van der Waals surface area contributed by atoms with Crippen molar-refractivity contribution in [2.24, 2.45) is 17.8 Å². The second-order valence-corrected chi connectivity index (χ2v) is 6.08. The fraction of sp³-hybridized carbons (Fsp3) is 0.412. The van der Waals surface area contributed by atoms with Gasteiger partial charge in [-0.25, -0.2) is 9.98 Å². The summed E-state index contributed by atoms with van der Waals surface area (Å²) in [5.74, 6) is 2.24. The fourth-order valence-electron chi connectivity index (χ4n) is 2.88. The molecule has 1 unspecified atom stereocenters. The Morgan fingerprint density at radius 3 is 3.00 bits per heavy atom. The molecule has 0 saturated heterocycles. The van der Waals surface area contributed by atoms with Crippen molar-refractivity contribution in [3.8, 4) is 5.75 Å². The number of guanidine groups is 1. The number of nitrogens with two attached hydrogens (primary N) is 1. The molecule has 3 N–H and O–H groups in total. The third-order valence-electron chi connectivity index (χ3n) is 4.15. The van der Waals surface area contributed by atoms with Crippen LogP contribution in [0.1, 0.15) is 23.7 Å². The van der Waals surface area contributed by atoms with Crippen molar-refractivity contribution in [3.05, 3.63) is 41.7 Å².